The number of halogens is 1. The Balaban J connectivity index is 1.84. The smallest absolute Gasteiger partial charge is 0.306 e. The van der Waals surface area contributed by atoms with Crippen LogP contribution in [0.3, 0.4) is 0 Å². The third kappa shape index (κ3) is 4.27. The molecule has 0 aliphatic heterocycles. The van der Waals surface area contributed by atoms with Crippen LogP contribution in [0.1, 0.15) is 13.8 Å². The predicted molar refractivity (Wildman–Crippen MR) is 109 cm³/mol. The molecule has 0 aliphatic rings. The number of thioether (sulfide) groups is 1. The van der Waals surface area contributed by atoms with Gasteiger partial charge in [-0.2, -0.15) is 4.39 Å². The van der Waals surface area contributed by atoms with Crippen molar-refractivity contribution < 1.29 is 14.1 Å². The summed E-state index contributed by atoms with van der Waals surface area (Å²) < 4.78 is 14.9. The van der Waals surface area contributed by atoms with E-state index in [-0.39, 0.29) is 11.2 Å². The van der Waals surface area contributed by atoms with Crippen LogP contribution in [0.25, 0.3) is 10.9 Å². The molecule has 0 aliphatic carbocycles. The summed E-state index contributed by atoms with van der Waals surface area (Å²) >= 11 is 1.10. The van der Waals surface area contributed by atoms with Gasteiger partial charge >= 0.3 is 5.69 Å². The molecule has 1 heterocycles. The van der Waals surface area contributed by atoms with Gasteiger partial charge in [0.1, 0.15) is 0 Å². The first-order valence-corrected chi connectivity index (χ1v) is 9.60. The van der Waals surface area contributed by atoms with Crippen LogP contribution in [0.2, 0.25) is 0 Å². The van der Waals surface area contributed by atoms with Crippen molar-refractivity contribution in [3.05, 3.63) is 68.7 Å². The summed E-state index contributed by atoms with van der Waals surface area (Å²) in [7, 11) is 0. The number of amides is 1. The van der Waals surface area contributed by atoms with Crippen LogP contribution < -0.4 is 10.9 Å². The minimum Gasteiger partial charge on any atom is -0.325 e. The number of carbonyl (C=O) groups is 1. The molecule has 0 saturated carbocycles. The van der Waals surface area contributed by atoms with Gasteiger partial charge in [0.25, 0.3) is 5.56 Å². The molecule has 150 valence electrons. The van der Waals surface area contributed by atoms with Gasteiger partial charge in [-0.1, -0.05) is 23.9 Å². The van der Waals surface area contributed by atoms with Crippen LogP contribution in [0.4, 0.5) is 15.8 Å². The van der Waals surface area contributed by atoms with Gasteiger partial charge in [0.05, 0.1) is 21.1 Å². The van der Waals surface area contributed by atoms with Gasteiger partial charge in [0, 0.05) is 18.3 Å². The number of anilines is 1. The molecule has 0 fully saturated rings. The maximum atomic E-state index is 13.5. The number of benzene rings is 2. The lowest BCUT2D eigenvalue weighted by Crippen LogP contribution is -2.26. The summed E-state index contributed by atoms with van der Waals surface area (Å²) in [5.74, 6) is -1.44. The lowest BCUT2D eigenvalue weighted by Gasteiger charge is -2.15. The third-order valence-electron chi connectivity index (χ3n) is 4.20. The molecule has 3 aromatic rings. The van der Waals surface area contributed by atoms with E-state index in [1.54, 1.807) is 31.2 Å². The van der Waals surface area contributed by atoms with Gasteiger partial charge in [-0.15, -0.1) is 0 Å². The van der Waals surface area contributed by atoms with Crippen molar-refractivity contribution in [3.8, 4) is 0 Å². The van der Waals surface area contributed by atoms with Crippen LogP contribution in [-0.4, -0.2) is 25.6 Å². The highest BCUT2D eigenvalue weighted by atomic mass is 32.2. The van der Waals surface area contributed by atoms with Crippen LogP contribution >= 0.6 is 11.8 Å². The fourth-order valence-electron chi connectivity index (χ4n) is 2.70. The lowest BCUT2D eigenvalue weighted by molar-refractivity contribution is -0.387. The second kappa shape index (κ2) is 8.39. The number of rotatable bonds is 6. The van der Waals surface area contributed by atoms with E-state index >= 15 is 0 Å². The van der Waals surface area contributed by atoms with Crippen LogP contribution in [0.15, 0.2) is 52.4 Å². The maximum absolute atomic E-state index is 13.5. The molecular weight excluding hydrogens is 399 g/mol. The lowest BCUT2D eigenvalue weighted by atomic mass is 10.2. The van der Waals surface area contributed by atoms with Gasteiger partial charge in [-0.25, -0.2) is 4.98 Å². The average molecular weight is 416 g/mol. The normalized spacial score (nSPS) is 12.0. The summed E-state index contributed by atoms with van der Waals surface area (Å²) in [6.07, 6.45) is 0. The molecule has 1 amide bonds. The van der Waals surface area contributed by atoms with E-state index in [2.05, 4.69) is 10.3 Å². The number of nitro groups is 1. The molecule has 8 nitrogen and oxygen atoms in total. The van der Waals surface area contributed by atoms with Gasteiger partial charge in [0.2, 0.25) is 11.7 Å². The maximum Gasteiger partial charge on any atom is 0.306 e. The number of nitro benzene ring substituents is 1. The van der Waals surface area contributed by atoms with E-state index < -0.39 is 27.6 Å². The first-order valence-electron chi connectivity index (χ1n) is 8.72. The second-order valence-electron chi connectivity index (χ2n) is 6.13. The number of nitrogens with zero attached hydrogens (tertiary/aromatic N) is 3. The topological polar surface area (TPSA) is 107 Å². The molecule has 0 bridgehead atoms. The Bertz CT molecular complexity index is 1160. The Hall–Kier alpha value is -3.27. The molecule has 1 atom stereocenters. The highest BCUT2D eigenvalue weighted by Gasteiger charge is 2.21. The largest absolute Gasteiger partial charge is 0.325 e. The average Bonchev–Trinajstić information content (AvgIpc) is 2.69. The van der Waals surface area contributed by atoms with Crippen molar-refractivity contribution in [2.24, 2.45) is 0 Å². The van der Waals surface area contributed by atoms with Crippen molar-refractivity contribution in [1.82, 2.24) is 9.55 Å². The highest BCUT2D eigenvalue weighted by Crippen LogP contribution is 2.25. The zero-order chi connectivity index (χ0) is 21.1. The monoisotopic (exact) mass is 416 g/mol. The van der Waals surface area contributed by atoms with E-state index in [1.165, 1.54) is 10.6 Å². The zero-order valence-electron chi connectivity index (χ0n) is 15.6. The number of para-hydroxylation sites is 1. The molecule has 3 rings (SSSR count). The fourth-order valence-corrected chi connectivity index (χ4v) is 3.67. The molecule has 0 saturated heterocycles. The predicted octanol–water partition coefficient (Wildman–Crippen LogP) is 3.58. The van der Waals surface area contributed by atoms with Crippen molar-refractivity contribution in [1.29, 1.82) is 0 Å². The van der Waals surface area contributed by atoms with Crippen molar-refractivity contribution in [2.45, 2.75) is 30.8 Å². The molecule has 29 heavy (non-hydrogen) atoms. The summed E-state index contributed by atoms with van der Waals surface area (Å²) in [6.45, 7) is 3.82. The van der Waals surface area contributed by atoms with E-state index in [1.807, 2.05) is 6.92 Å². The van der Waals surface area contributed by atoms with Gasteiger partial charge in [-0.05, 0) is 38.1 Å². The number of hydrogen-bond donors (Lipinski definition) is 1. The Morgan fingerprint density at radius 1 is 1.34 bits per heavy atom. The summed E-state index contributed by atoms with van der Waals surface area (Å²) in [6, 6.07) is 10.1. The number of aromatic nitrogens is 2. The van der Waals surface area contributed by atoms with Crippen molar-refractivity contribution in [3.63, 3.8) is 0 Å². The standard InChI is InChI=1S/C19H17FN4O4S/c1-3-23-18(26)13-6-4-5-7-15(13)22-19(23)29-11(2)17(25)21-12-8-9-14(20)16(10-12)24(27)28/h4-11H,3H2,1-2H3,(H,21,25). The quantitative estimate of drug-likeness (QED) is 0.285. The van der Waals surface area contributed by atoms with Crippen LogP contribution in [0.5, 0.6) is 0 Å². The van der Waals surface area contributed by atoms with Crippen LogP contribution in [0, 0.1) is 15.9 Å². The molecule has 2 aromatic carbocycles. The molecule has 0 radical (unpaired) electrons. The van der Waals surface area contributed by atoms with Gasteiger partial charge < -0.3 is 5.32 Å². The number of hydrogen-bond acceptors (Lipinski definition) is 6. The zero-order valence-corrected chi connectivity index (χ0v) is 16.4. The highest BCUT2D eigenvalue weighted by molar-refractivity contribution is 8.00. The number of fused-ring (bicyclic) bond motifs is 1. The van der Waals surface area contributed by atoms with E-state index in [0.717, 1.165) is 23.9 Å². The molecule has 10 heteroatoms. The van der Waals surface area contributed by atoms with Crippen molar-refractivity contribution in [2.75, 3.05) is 5.32 Å². The molecule has 1 N–H and O–H groups in total. The number of nitrogens with one attached hydrogen (secondary N) is 1. The Kier molecular flexibility index (Phi) is 5.92. The summed E-state index contributed by atoms with van der Waals surface area (Å²) in [5, 5.41) is 13.6. The summed E-state index contributed by atoms with van der Waals surface area (Å²) in [5.41, 5.74) is -0.275. The third-order valence-corrected chi connectivity index (χ3v) is 5.29. The summed E-state index contributed by atoms with van der Waals surface area (Å²) in [4.78, 5) is 39.7. The van der Waals surface area contributed by atoms with Crippen LogP contribution in [-0.2, 0) is 11.3 Å². The fraction of sp³-hybridized carbons (Fsp3) is 0.211. The molecule has 1 aromatic heterocycles. The molecular formula is C19H17FN4O4S. The molecule has 1 unspecified atom stereocenters. The Morgan fingerprint density at radius 3 is 2.76 bits per heavy atom. The molecule has 0 spiro atoms. The minimum absolute atomic E-state index is 0.106. The first kappa shape index (κ1) is 20.5. The first-order chi connectivity index (χ1) is 13.8. The second-order valence-corrected chi connectivity index (χ2v) is 7.44. The SMILES string of the molecule is CCn1c(SC(C)C(=O)Nc2ccc(F)c([N+](=O)[O-])c2)nc2ccccc2c1=O. The minimum atomic E-state index is -0.984. The Morgan fingerprint density at radius 2 is 2.07 bits per heavy atom. The van der Waals surface area contributed by atoms with Gasteiger partial charge in [0.15, 0.2) is 5.16 Å². The van der Waals surface area contributed by atoms with E-state index in [0.29, 0.717) is 22.6 Å². The van der Waals surface area contributed by atoms with Crippen molar-refractivity contribution >= 4 is 39.9 Å². The van der Waals surface area contributed by atoms with Gasteiger partial charge in [-0.3, -0.25) is 24.3 Å². The van der Waals surface area contributed by atoms with E-state index in [9.17, 15) is 24.1 Å². The number of carbonyl (C=O) groups excluding carboxylic acids is 1. The Labute approximate surface area is 168 Å². The van der Waals surface area contributed by atoms with E-state index in [4.69, 9.17) is 0 Å².